The first kappa shape index (κ1) is 17.6. The van der Waals surface area contributed by atoms with Gasteiger partial charge in [-0.25, -0.2) is 4.98 Å². The number of fused-ring (bicyclic) bond motifs is 1. The summed E-state index contributed by atoms with van der Waals surface area (Å²) in [6.07, 6.45) is 0. The summed E-state index contributed by atoms with van der Waals surface area (Å²) >= 11 is 7.01. The molecule has 0 amide bonds. The highest BCUT2D eigenvalue weighted by Crippen LogP contribution is 2.23. The lowest BCUT2D eigenvalue weighted by Crippen LogP contribution is -2.07. The highest BCUT2D eigenvalue weighted by atomic mass is 35.5. The van der Waals surface area contributed by atoms with Crippen LogP contribution in [0.25, 0.3) is 22.5 Å². The fourth-order valence-corrected chi connectivity index (χ4v) is 3.01. The first-order valence-corrected chi connectivity index (χ1v) is 9.26. The van der Waals surface area contributed by atoms with Crippen molar-refractivity contribution < 1.29 is 18.5 Å². The van der Waals surface area contributed by atoms with Crippen LogP contribution in [0, 0.1) is 0 Å². The summed E-state index contributed by atoms with van der Waals surface area (Å²) in [5.74, 6) is 0.234. The SMILES string of the molecule is O=C(CSc1nc2ccccc2o1)OCc1nc(-c2ccc(Cl)cc2)no1. The van der Waals surface area contributed by atoms with E-state index in [9.17, 15) is 4.79 Å². The standard InChI is InChI=1S/C18H12ClN3O4S/c19-12-7-5-11(6-8-12)17-21-15(26-22-17)9-24-16(23)10-27-18-20-13-3-1-2-4-14(13)25-18/h1-8H,9-10H2. The van der Waals surface area contributed by atoms with Crippen LogP contribution in [0.4, 0.5) is 0 Å². The number of oxazole rings is 1. The Bertz CT molecular complexity index is 1040. The van der Waals surface area contributed by atoms with Gasteiger partial charge in [-0.1, -0.05) is 40.7 Å². The zero-order valence-electron chi connectivity index (χ0n) is 13.8. The van der Waals surface area contributed by atoms with E-state index in [4.69, 9.17) is 25.3 Å². The molecule has 0 aliphatic rings. The van der Waals surface area contributed by atoms with Crippen LogP contribution < -0.4 is 0 Å². The summed E-state index contributed by atoms with van der Waals surface area (Å²) in [6.45, 7) is -0.104. The van der Waals surface area contributed by atoms with Crippen molar-refractivity contribution in [2.45, 2.75) is 11.8 Å². The lowest BCUT2D eigenvalue weighted by molar-refractivity contribution is -0.142. The molecule has 0 radical (unpaired) electrons. The molecule has 27 heavy (non-hydrogen) atoms. The molecular formula is C18H12ClN3O4S. The molecule has 0 atom stereocenters. The number of para-hydroxylation sites is 2. The topological polar surface area (TPSA) is 91.2 Å². The molecule has 0 fully saturated rings. The number of carbonyl (C=O) groups is 1. The number of hydrogen-bond acceptors (Lipinski definition) is 8. The number of halogens is 1. The van der Waals surface area contributed by atoms with Gasteiger partial charge in [-0.3, -0.25) is 4.79 Å². The van der Waals surface area contributed by atoms with Crippen LogP contribution in [0.1, 0.15) is 5.89 Å². The molecule has 4 aromatic rings. The summed E-state index contributed by atoms with van der Waals surface area (Å²) in [5, 5.41) is 4.89. The Hall–Kier alpha value is -2.84. The highest BCUT2D eigenvalue weighted by Gasteiger charge is 2.13. The molecule has 2 aromatic heterocycles. The summed E-state index contributed by atoms with van der Waals surface area (Å²) in [6, 6.07) is 14.4. The van der Waals surface area contributed by atoms with Crippen molar-refractivity contribution in [2.24, 2.45) is 0 Å². The Morgan fingerprint density at radius 2 is 1.93 bits per heavy atom. The Labute approximate surface area is 162 Å². The molecule has 7 nitrogen and oxygen atoms in total. The molecule has 0 unspecified atom stereocenters. The van der Waals surface area contributed by atoms with E-state index in [1.54, 1.807) is 24.3 Å². The maximum absolute atomic E-state index is 11.9. The van der Waals surface area contributed by atoms with Crippen molar-refractivity contribution in [3.05, 3.63) is 59.4 Å². The van der Waals surface area contributed by atoms with E-state index in [1.807, 2.05) is 24.3 Å². The third kappa shape index (κ3) is 4.29. The maximum Gasteiger partial charge on any atom is 0.316 e. The smallest absolute Gasteiger partial charge is 0.316 e. The van der Waals surface area contributed by atoms with Crippen LogP contribution >= 0.6 is 23.4 Å². The molecule has 0 bridgehead atoms. The second-order valence-corrected chi connectivity index (χ2v) is 6.78. The Kier molecular flexibility index (Phi) is 5.08. The van der Waals surface area contributed by atoms with Gasteiger partial charge in [-0.15, -0.1) is 0 Å². The zero-order chi connectivity index (χ0) is 18.6. The van der Waals surface area contributed by atoms with Gasteiger partial charge >= 0.3 is 5.97 Å². The molecule has 0 spiro atoms. The zero-order valence-corrected chi connectivity index (χ0v) is 15.4. The molecular weight excluding hydrogens is 390 g/mol. The number of thioether (sulfide) groups is 1. The molecule has 0 saturated heterocycles. The minimum Gasteiger partial charge on any atom is -0.455 e. The van der Waals surface area contributed by atoms with E-state index < -0.39 is 5.97 Å². The number of hydrogen-bond donors (Lipinski definition) is 0. The number of esters is 1. The van der Waals surface area contributed by atoms with Crippen LogP contribution in [0.2, 0.25) is 5.02 Å². The quantitative estimate of drug-likeness (QED) is 0.347. The summed E-state index contributed by atoms with van der Waals surface area (Å²) in [4.78, 5) is 20.4. The Morgan fingerprint density at radius 1 is 1.11 bits per heavy atom. The van der Waals surface area contributed by atoms with Gasteiger partial charge in [0.25, 0.3) is 11.1 Å². The van der Waals surface area contributed by atoms with Gasteiger partial charge in [0.2, 0.25) is 5.82 Å². The second kappa shape index (κ2) is 7.81. The largest absolute Gasteiger partial charge is 0.455 e. The normalized spacial score (nSPS) is 11.0. The van der Waals surface area contributed by atoms with Crippen molar-refractivity contribution in [3.8, 4) is 11.4 Å². The van der Waals surface area contributed by atoms with Crippen LogP contribution in [0.5, 0.6) is 0 Å². The number of rotatable bonds is 6. The van der Waals surface area contributed by atoms with E-state index in [-0.39, 0.29) is 18.3 Å². The van der Waals surface area contributed by atoms with Crippen LogP contribution in [0.3, 0.4) is 0 Å². The Balaban J connectivity index is 1.29. The summed E-state index contributed by atoms with van der Waals surface area (Å²) in [7, 11) is 0. The van der Waals surface area contributed by atoms with Gasteiger partial charge in [-0.2, -0.15) is 4.98 Å². The lowest BCUT2D eigenvalue weighted by atomic mass is 10.2. The van der Waals surface area contributed by atoms with Crippen molar-refractivity contribution in [1.82, 2.24) is 15.1 Å². The number of ether oxygens (including phenoxy) is 1. The lowest BCUT2D eigenvalue weighted by Gasteiger charge is -1.99. The predicted octanol–water partition coefficient (Wildman–Crippen LogP) is 4.37. The minimum absolute atomic E-state index is 0.0605. The maximum atomic E-state index is 11.9. The van der Waals surface area contributed by atoms with Crippen molar-refractivity contribution >= 4 is 40.4 Å². The third-order valence-corrected chi connectivity index (χ3v) is 4.57. The molecule has 0 aliphatic carbocycles. The fourth-order valence-electron chi connectivity index (χ4n) is 2.25. The van der Waals surface area contributed by atoms with Crippen molar-refractivity contribution in [3.63, 3.8) is 0 Å². The second-order valence-electron chi connectivity index (χ2n) is 5.42. The predicted molar refractivity (Wildman–Crippen MR) is 99.3 cm³/mol. The molecule has 0 saturated carbocycles. The monoisotopic (exact) mass is 401 g/mol. The molecule has 2 heterocycles. The number of aromatic nitrogens is 3. The van der Waals surface area contributed by atoms with Gasteiger partial charge in [-0.05, 0) is 36.4 Å². The van der Waals surface area contributed by atoms with E-state index in [1.165, 1.54) is 0 Å². The van der Waals surface area contributed by atoms with E-state index >= 15 is 0 Å². The molecule has 136 valence electrons. The third-order valence-electron chi connectivity index (χ3n) is 3.51. The van der Waals surface area contributed by atoms with E-state index in [2.05, 4.69) is 15.1 Å². The van der Waals surface area contributed by atoms with Crippen molar-refractivity contribution in [1.29, 1.82) is 0 Å². The van der Waals surface area contributed by atoms with Gasteiger partial charge in [0.1, 0.15) is 11.3 Å². The number of carbonyl (C=O) groups excluding carboxylic acids is 1. The molecule has 9 heteroatoms. The first-order valence-electron chi connectivity index (χ1n) is 7.90. The van der Waals surface area contributed by atoms with Crippen molar-refractivity contribution in [2.75, 3.05) is 5.75 Å². The first-order chi connectivity index (χ1) is 13.2. The summed E-state index contributed by atoms with van der Waals surface area (Å²) in [5.41, 5.74) is 2.18. The number of nitrogens with zero attached hydrogens (tertiary/aromatic N) is 3. The summed E-state index contributed by atoms with van der Waals surface area (Å²) < 4.78 is 15.8. The van der Waals surface area contributed by atoms with Gasteiger partial charge in [0.05, 0.1) is 0 Å². The highest BCUT2D eigenvalue weighted by molar-refractivity contribution is 7.99. The van der Waals surface area contributed by atoms with Gasteiger partial charge in [0, 0.05) is 10.6 Å². The van der Waals surface area contributed by atoms with Gasteiger partial charge in [0.15, 0.2) is 12.2 Å². The average Bonchev–Trinajstić information content (AvgIpc) is 3.32. The van der Waals surface area contributed by atoms with Crippen LogP contribution in [-0.4, -0.2) is 26.8 Å². The van der Waals surface area contributed by atoms with E-state index in [0.717, 1.165) is 22.8 Å². The van der Waals surface area contributed by atoms with Crippen LogP contribution in [-0.2, 0) is 16.1 Å². The van der Waals surface area contributed by atoms with Crippen LogP contribution in [0.15, 0.2) is 62.7 Å². The molecule has 4 rings (SSSR count). The minimum atomic E-state index is -0.437. The van der Waals surface area contributed by atoms with E-state index in [0.29, 0.717) is 21.7 Å². The Morgan fingerprint density at radius 3 is 2.74 bits per heavy atom. The molecule has 0 aliphatic heterocycles. The van der Waals surface area contributed by atoms with Gasteiger partial charge < -0.3 is 13.7 Å². The number of benzene rings is 2. The molecule has 0 N–H and O–H groups in total. The fraction of sp³-hybridized carbons (Fsp3) is 0.111. The molecule has 2 aromatic carbocycles. The average molecular weight is 402 g/mol.